The van der Waals surface area contributed by atoms with Crippen LogP contribution in [0.1, 0.15) is 22.4 Å². The quantitative estimate of drug-likeness (QED) is 0.549. The number of aromatic hydroxyl groups is 1. The molecule has 7 heteroatoms. The Morgan fingerprint density at radius 3 is 2.92 bits per heavy atom. The first-order valence-corrected chi connectivity index (χ1v) is 7.31. The van der Waals surface area contributed by atoms with Crippen molar-refractivity contribution in [3.05, 3.63) is 52.8 Å². The third-order valence-electron chi connectivity index (χ3n) is 3.27. The molecule has 126 valence electrons. The third kappa shape index (κ3) is 4.53. The summed E-state index contributed by atoms with van der Waals surface area (Å²) in [6, 6.07) is 7.35. The molecule has 0 bridgehead atoms. The maximum atomic E-state index is 11.7. The molecule has 2 aromatic rings. The lowest BCUT2D eigenvalue weighted by Gasteiger charge is -2.07. The molecule has 1 heterocycles. The van der Waals surface area contributed by atoms with E-state index in [1.165, 1.54) is 12.4 Å². The Bertz CT molecular complexity index is 759. The normalized spacial score (nSPS) is 10.8. The van der Waals surface area contributed by atoms with Gasteiger partial charge in [0.05, 0.1) is 18.5 Å². The van der Waals surface area contributed by atoms with Crippen LogP contribution in [-0.4, -0.2) is 33.9 Å². The Hall–Kier alpha value is -2.93. The summed E-state index contributed by atoms with van der Waals surface area (Å²) in [5.41, 5.74) is 4.46. The number of aliphatic hydroxyl groups excluding tert-OH is 1. The van der Waals surface area contributed by atoms with E-state index >= 15 is 0 Å². The Labute approximate surface area is 139 Å². The first-order valence-electron chi connectivity index (χ1n) is 7.31. The van der Waals surface area contributed by atoms with Crippen molar-refractivity contribution in [2.24, 2.45) is 5.10 Å². The number of pyridine rings is 1. The Morgan fingerprint density at radius 1 is 1.42 bits per heavy atom. The summed E-state index contributed by atoms with van der Waals surface area (Å²) in [6.07, 6.45) is 2.71. The van der Waals surface area contributed by atoms with Gasteiger partial charge in [0, 0.05) is 17.3 Å². The first-order chi connectivity index (χ1) is 11.5. The number of ether oxygens (including phenoxy) is 1. The zero-order valence-corrected chi connectivity index (χ0v) is 13.5. The molecule has 0 saturated heterocycles. The van der Waals surface area contributed by atoms with Gasteiger partial charge in [-0.05, 0) is 31.5 Å². The Balaban J connectivity index is 1.94. The predicted molar refractivity (Wildman–Crippen MR) is 89.0 cm³/mol. The van der Waals surface area contributed by atoms with Gasteiger partial charge in [-0.3, -0.25) is 9.78 Å². The van der Waals surface area contributed by atoms with Crippen LogP contribution in [0.5, 0.6) is 11.5 Å². The van der Waals surface area contributed by atoms with Crippen LogP contribution in [0.3, 0.4) is 0 Å². The minimum absolute atomic E-state index is 0.0874. The van der Waals surface area contributed by atoms with Crippen LogP contribution in [0.2, 0.25) is 0 Å². The number of hydrazone groups is 1. The molecule has 0 aliphatic heterocycles. The van der Waals surface area contributed by atoms with Crippen molar-refractivity contribution in [2.45, 2.75) is 20.5 Å². The Kier molecular flexibility index (Phi) is 5.86. The highest BCUT2D eigenvalue weighted by atomic mass is 16.5. The second kappa shape index (κ2) is 8.07. The molecule has 0 unspecified atom stereocenters. The second-order valence-electron chi connectivity index (χ2n) is 5.19. The minimum atomic E-state index is -0.441. The maximum Gasteiger partial charge on any atom is 0.277 e. The van der Waals surface area contributed by atoms with E-state index in [1.807, 2.05) is 25.1 Å². The van der Waals surface area contributed by atoms with E-state index in [4.69, 9.17) is 4.74 Å². The molecule has 0 aliphatic carbocycles. The summed E-state index contributed by atoms with van der Waals surface area (Å²) in [5.74, 6) is 0.0678. The number of benzene rings is 1. The summed E-state index contributed by atoms with van der Waals surface area (Å²) < 4.78 is 5.35. The molecule has 1 amide bonds. The number of hydrogen-bond acceptors (Lipinski definition) is 6. The van der Waals surface area contributed by atoms with Crippen molar-refractivity contribution >= 4 is 12.1 Å². The summed E-state index contributed by atoms with van der Waals surface area (Å²) in [5, 5.41) is 23.0. The summed E-state index contributed by atoms with van der Waals surface area (Å²) in [4.78, 5) is 15.7. The van der Waals surface area contributed by atoms with Crippen LogP contribution in [0.25, 0.3) is 0 Å². The van der Waals surface area contributed by atoms with E-state index in [0.29, 0.717) is 22.6 Å². The van der Waals surface area contributed by atoms with Gasteiger partial charge in [0.1, 0.15) is 11.5 Å². The molecule has 2 rings (SSSR count). The Morgan fingerprint density at radius 2 is 2.21 bits per heavy atom. The standard InChI is InChI=1S/C17H19N3O4/c1-11-4-3-5-14(6-11)24-10-16(22)20-19-8-15-13(9-21)7-18-12(2)17(15)23/h3-8,21,23H,9-10H2,1-2H3,(H,20,22). The number of nitrogens with one attached hydrogen (secondary N) is 1. The van der Waals surface area contributed by atoms with E-state index in [9.17, 15) is 15.0 Å². The number of amides is 1. The van der Waals surface area contributed by atoms with Gasteiger partial charge in [-0.25, -0.2) is 5.43 Å². The van der Waals surface area contributed by atoms with Gasteiger partial charge >= 0.3 is 0 Å². The van der Waals surface area contributed by atoms with Gasteiger partial charge in [0.25, 0.3) is 5.91 Å². The molecule has 0 aliphatic rings. The largest absolute Gasteiger partial charge is 0.505 e. The number of carbonyl (C=O) groups excluding carboxylic acids is 1. The van der Waals surface area contributed by atoms with Gasteiger partial charge in [-0.1, -0.05) is 12.1 Å². The highest BCUT2D eigenvalue weighted by molar-refractivity contribution is 5.87. The van der Waals surface area contributed by atoms with Crippen LogP contribution in [0.15, 0.2) is 35.6 Å². The molecule has 3 N–H and O–H groups in total. The molecule has 0 radical (unpaired) electrons. The first kappa shape index (κ1) is 17.4. The molecule has 0 saturated carbocycles. The number of hydrogen-bond donors (Lipinski definition) is 3. The molecule has 1 aromatic carbocycles. The number of aryl methyl sites for hydroxylation is 2. The van der Waals surface area contributed by atoms with Gasteiger partial charge < -0.3 is 14.9 Å². The lowest BCUT2D eigenvalue weighted by molar-refractivity contribution is -0.123. The molecule has 24 heavy (non-hydrogen) atoms. The lowest BCUT2D eigenvalue weighted by Crippen LogP contribution is -2.24. The van der Waals surface area contributed by atoms with E-state index in [1.54, 1.807) is 13.0 Å². The fourth-order valence-corrected chi connectivity index (χ4v) is 1.98. The van der Waals surface area contributed by atoms with Crippen LogP contribution in [-0.2, 0) is 11.4 Å². The van der Waals surface area contributed by atoms with Crippen molar-refractivity contribution in [1.82, 2.24) is 10.4 Å². The van der Waals surface area contributed by atoms with Crippen molar-refractivity contribution < 1.29 is 19.7 Å². The zero-order chi connectivity index (χ0) is 17.5. The second-order valence-corrected chi connectivity index (χ2v) is 5.19. The number of nitrogens with zero attached hydrogens (tertiary/aromatic N) is 2. The summed E-state index contributed by atoms with van der Waals surface area (Å²) in [6.45, 7) is 3.07. The minimum Gasteiger partial charge on any atom is -0.505 e. The van der Waals surface area contributed by atoms with Crippen molar-refractivity contribution in [2.75, 3.05) is 6.61 Å². The predicted octanol–water partition coefficient (Wildman–Crippen LogP) is 1.43. The molecular formula is C17H19N3O4. The van der Waals surface area contributed by atoms with Crippen LogP contribution in [0, 0.1) is 13.8 Å². The average molecular weight is 329 g/mol. The maximum absolute atomic E-state index is 11.7. The van der Waals surface area contributed by atoms with E-state index in [0.717, 1.165) is 5.56 Å². The van der Waals surface area contributed by atoms with Gasteiger partial charge in [0.2, 0.25) is 0 Å². The average Bonchev–Trinajstić information content (AvgIpc) is 2.57. The van der Waals surface area contributed by atoms with Gasteiger partial charge in [-0.2, -0.15) is 5.10 Å². The third-order valence-corrected chi connectivity index (χ3v) is 3.27. The molecule has 1 aromatic heterocycles. The lowest BCUT2D eigenvalue weighted by atomic mass is 10.1. The van der Waals surface area contributed by atoms with Crippen molar-refractivity contribution in [1.29, 1.82) is 0 Å². The van der Waals surface area contributed by atoms with E-state index in [-0.39, 0.29) is 19.0 Å². The fraction of sp³-hybridized carbons (Fsp3) is 0.235. The summed E-state index contributed by atoms with van der Waals surface area (Å²) in [7, 11) is 0. The topological polar surface area (TPSA) is 104 Å². The number of rotatable bonds is 6. The number of carbonyl (C=O) groups is 1. The zero-order valence-electron chi connectivity index (χ0n) is 13.5. The molecule has 0 fully saturated rings. The number of aliphatic hydroxyl groups is 1. The van der Waals surface area contributed by atoms with Gasteiger partial charge in [0.15, 0.2) is 6.61 Å². The van der Waals surface area contributed by atoms with Crippen molar-refractivity contribution in [3.63, 3.8) is 0 Å². The molecule has 0 spiro atoms. The van der Waals surface area contributed by atoms with Crippen LogP contribution >= 0.6 is 0 Å². The van der Waals surface area contributed by atoms with Crippen LogP contribution in [0.4, 0.5) is 0 Å². The molecule has 7 nitrogen and oxygen atoms in total. The fourth-order valence-electron chi connectivity index (χ4n) is 1.98. The molecular weight excluding hydrogens is 310 g/mol. The SMILES string of the molecule is Cc1cccc(OCC(=O)NN=Cc2c(CO)cnc(C)c2O)c1. The van der Waals surface area contributed by atoms with E-state index in [2.05, 4.69) is 15.5 Å². The van der Waals surface area contributed by atoms with Gasteiger partial charge in [-0.15, -0.1) is 0 Å². The smallest absolute Gasteiger partial charge is 0.277 e. The highest BCUT2D eigenvalue weighted by Gasteiger charge is 2.09. The number of aromatic nitrogens is 1. The highest BCUT2D eigenvalue weighted by Crippen LogP contribution is 2.21. The summed E-state index contributed by atoms with van der Waals surface area (Å²) >= 11 is 0. The van der Waals surface area contributed by atoms with Crippen LogP contribution < -0.4 is 10.2 Å². The van der Waals surface area contributed by atoms with E-state index < -0.39 is 5.91 Å². The molecule has 0 atom stereocenters. The monoisotopic (exact) mass is 329 g/mol. The van der Waals surface area contributed by atoms with Crippen molar-refractivity contribution in [3.8, 4) is 11.5 Å².